The first kappa shape index (κ1) is 25.7. The second-order valence-electron chi connectivity index (χ2n) is 7.55. The molecule has 1 amide bonds. The van der Waals surface area contributed by atoms with Crippen LogP contribution >= 0.6 is 0 Å². The Hall–Kier alpha value is -3.93. The Morgan fingerprint density at radius 1 is 1.31 bits per heavy atom. The van der Waals surface area contributed by atoms with Crippen LogP contribution in [0.4, 0.5) is 19.1 Å². The Kier molecular flexibility index (Phi) is 7.15. The van der Waals surface area contributed by atoms with Gasteiger partial charge in [-0.25, -0.2) is 14.3 Å². The maximum absolute atomic E-state index is 13.6. The van der Waals surface area contributed by atoms with Crippen molar-refractivity contribution in [1.29, 1.82) is 0 Å². The maximum Gasteiger partial charge on any atom is 0.428 e. The number of fused-ring (bicyclic) bond motifs is 1. The van der Waals surface area contributed by atoms with Gasteiger partial charge in [0.25, 0.3) is 0 Å². The maximum atomic E-state index is 13.6. The minimum atomic E-state index is -5.02. The molecular weight excluding hydrogens is 479 g/mol. The van der Waals surface area contributed by atoms with Gasteiger partial charge in [-0.1, -0.05) is 5.92 Å². The molecule has 0 aromatic carbocycles. The van der Waals surface area contributed by atoms with E-state index >= 15 is 0 Å². The predicted molar refractivity (Wildman–Crippen MR) is 111 cm³/mol. The number of terminal acetylenes is 1. The number of imidazole rings is 1. The number of rotatable bonds is 6. The molecule has 1 unspecified atom stereocenters. The zero-order chi connectivity index (χ0) is 26.1. The second-order valence-corrected chi connectivity index (χ2v) is 7.55. The molecule has 3 heterocycles. The van der Waals surface area contributed by atoms with E-state index < -0.39 is 60.7 Å². The third kappa shape index (κ3) is 5.43. The largest absolute Gasteiger partial charge is 0.458 e. The molecule has 1 fully saturated rings. The fourth-order valence-corrected chi connectivity index (χ4v) is 3.69. The molecule has 1 aliphatic rings. The molecule has 2 aromatic rings. The lowest BCUT2D eigenvalue weighted by Crippen LogP contribution is -2.43. The van der Waals surface area contributed by atoms with Gasteiger partial charge in [0.05, 0.1) is 12.7 Å². The Bertz CT molecular complexity index is 1260. The summed E-state index contributed by atoms with van der Waals surface area (Å²) < 4.78 is 58.0. The van der Waals surface area contributed by atoms with Crippen molar-refractivity contribution in [3.05, 3.63) is 16.7 Å². The van der Waals surface area contributed by atoms with Crippen molar-refractivity contribution in [2.45, 2.75) is 64.5 Å². The number of esters is 2. The number of ether oxygens (including phenoxy) is 3. The molecule has 2 aromatic heterocycles. The molecule has 4 atom stereocenters. The van der Waals surface area contributed by atoms with Gasteiger partial charge in [-0.2, -0.15) is 18.2 Å². The van der Waals surface area contributed by atoms with Crippen molar-refractivity contribution in [3.63, 3.8) is 0 Å². The zero-order valence-corrected chi connectivity index (χ0v) is 18.7. The molecule has 15 heteroatoms. The van der Waals surface area contributed by atoms with Gasteiger partial charge in [0, 0.05) is 27.2 Å². The number of carbonyl (C=O) groups excluding carboxylic acids is 3. The topological polar surface area (TPSA) is 144 Å². The number of amides is 1. The number of alkyl halides is 3. The predicted octanol–water partition coefficient (Wildman–Crippen LogP) is 0.898. The monoisotopic (exact) mass is 499 g/mol. The summed E-state index contributed by atoms with van der Waals surface area (Å²) in [6, 6.07) is 0. The molecule has 1 aliphatic heterocycles. The molecule has 0 saturated carbocycles. The quantitative estimate of drug-likeness (QED) is 0.453. The fourth-order valence-electron chi connectivity index (χ4n) is 3.69. The first-order valence-corrected chi connectivity index (χ1v) is 10.1. The van der Waals surface area contributed by atoms with Crippen LogP contribution in [0.5, 0.6) is 0 Å². The van der Waals surface area contributed by atoms with Gasteiger partial charge in [-0.3, -0.25) is 24.3 Å². The molecule has 3 rings (SSSR count). The number of nitrogens with zero attached hydrogens (tertiary/aromatic N) is 4. The van der Waals surface area contributed by atoms with Gasteiger partial charge in [-0.15, -0.1) is 6.42 Å². The van der Waals surface area contributed by atoms with Crippen molar-refractivity contribution in [2.75, 3.05) is 5.32 Å². The summed E-state index contributed by atoms with van der Waals surface area (Å²) in [5.41, 5.74) is -0.906. The van der Waals surface area contributed by atoms with Gasteiger partial charge in [0.15, 0.2) is 11.9 Å². The number of halogens is 3. The molecule has 35 heavy (non-hydrogen) atoms. The lowest BCUT2D eigenvalue weighted by atomic mass is 10.1. The van der Waals surface area contributed by atoms with E-state index in [0.717, 1.165) is 23.0 Å². The van der Waals surface area contributed by atoms with E-state index in [-0.39, 0.29) is 23.7 Å². The Balaban J connectivity index is 2.17. The minimum absolute atomic E-state index is 0.0861. The Labute approximate surface area is 195 Å². The molecule has 0 radical (unpaired) electrons. The normalized spacial score (nSPS) is 20.8. The van der Waals surface area contributed by atoms with Gasteiger partial charge in [-0.05, 0) is 0 Å². The smallest absolute Gasteiger partial charge is 0.428 e. The van der Waals surface area contributed by atoms with Crippen LogP contribution in [0.15, 0.2) is 11.0 Å². The highest BCUT2D eigenvalue weighted by molar-refractivity contribution is 5.87. The summed E-state index contributed by atoms with van der Waals surface area (Å²) in [5.74, 6) is -0.518. The summed E-state index contributed by atoms with van der Waals surface area (Å²) in [7, 11) is 0. The molecular formula is C20H20F3N5O7. The van der Waals surface area contributed by atoms with Crippen LogP contribution in [-0.4, -0.2) is 61.4 Å². The van der Waals surface area contributed by atoms with Crippen LogP contribution in [0.1, 0.15) is 33.4 Å². The van der Waals surface area contributed by atoms with E-state index in [0.29, 0.717) is 0 Å². The summed E-state index contributed by atoms with van der Waals surface area (Å²) in [6.07, 6.45) is -6.55. The average molecular weight is 499 g/mol. The van der Waals surface area contributed by atoms with Crippen molar-refractivity contribution < 1.29 is 41.8 Å². The van der Waals surface area contributed by atoms with Gasteiger partial charge >= 0.3 is 23.8 Å². The Morgan fingerprint density at radius 2 is 2.00 bits per heavy atom. The van der Waals surface area contributed by atoms with E-state index in [4.69, 9.17) is 15.9 Å². The van der Waals surface area contributed by atoms with Gasteiger partial charge in [0.1, 0.15) is 17.7 Å². The standard InChI is InChI=1S/C20H20F3N5O7/c1-5-6-27-12-8-24-18(25-9(2)29)26-16(12)28(19(27)32)17-14(33-10(3)30)7-13(35-17)15(20(21,22)23)34-11(4)31/h1,8,13-15,17H,6-7H2,2-4H3,(H,24,25,26,29)/t13-,14+,15?,17+/m0/s1. The summed E-state index contributed by atoms with van der Waals surface area (Å²) in [6.45, 7) is 2.77. The third-order valence-corrected chi connectivity index (χ3v) is 4.87. The van der Waals surface area contributed by atoms with Crippen LogP contribution in [-0.2, 0) is 35.1 Å². The summed E-state index contributed by atoms with van der Waals surface area (Å²) in [5, 5.41) is 2.33. The zero-order valence-electron chi connectivity index (χ0n) is 18.7. The molecule has 1 N–H and O–H groups in total. The first-order chi connectivity index (χ1) is 16.3. The van der Waals surface area contributed by atoms with E-state index in [1.807, 2.05) is 0 Å². The van der Waals surface area contributed by atoms with Crippen LogP contribution in [0.25, 0.3) is 11.2 Å². The molecule has 0 aliphatic carbocycles. The van der Waals surface area contributed by atoms with Crippen LogP contribution in [0.3, 0.4) is 0 Å². The number of aromatic nitrogens is 4. The van der Waals surface area contributed by atoms with Crippen LogP contribution in [0, 0.1) is 12.3 Å². The SMILES string of the molecule is C#CCn1c(=O)n([C@@H]2O[C@H](C(OC(C)=O)C(F)(F)F)C[C@H]2OC(C)=O)c2nc(NC(C)=O)ncc21. The second kappa shape index (κ2) is 9.74. The molecule has 0 bridgehead atoms. The van der Waals surface area contributed by atoms with Crippen LogP contribution in [0.2, 0.25) is 0 Å². The van der Waals surface area contributed by atoms with Crippen molar-refractivity contribution in [2.24, 2.45) is 0 Å². The van der Waals surface area contributed by atoms with Gasteiger partial charge < -0.3 is 14.2 Å². The highest BCUT2D eigenvalue weighted by Crippen LogP contribution is 2.39. The molecule has 0 spiro atoms. The van der Waals surface area contributed by atoms with Crippen molar-refractivity contribution in [1.82, 2.24) is 19.1 Å². The lowest BCUT2D eigenvalue weighted by molar-refractivity contribution is -0.248. The molecule has 12 nitrogen and oxygen atoms in total. The highest BCUT2D eigenvalue weighted by atomic mass is 19.4. The summed E-state index contributed by atoms with van der Waals surface area (Å²) >= 11 is 0. The van der Waals surface area contributed by atoms with Gasteiger partial charge in [0.2, 0.25) is 18.0 Å². The highest BCUT2D eigenvalue weighted by Gasteiger charge is 2.54. The first-order valence-electron chi connectivity index (χ1n) is 10.1. The number of hydrogen-bond donors (Lipinski definition) is 1. The third-order valence-electron chi connectivity index (χ3n) is 4.87. The van der Waals surface area contributed by atoms with E-state index in [1.54, 1.807) is 0 Å². The van der Waals surface area contributed by atoms with Crippen molar-refractivity contribution in [3.8, 4) is 12.3 Å². The van der Waals surface area contributed by atoms with Crippen molar-refractivity contribution >= 4 is 35.0 Å². The number of nitrogens with one attached hydrogen (secondary N) is 1. The van der Waals surface area contributed by atoms with E-state index in [9.17, 15) is 32.3 Å². The molecule has 1 saturated heterocycles. The number of carbonyl (C=O) groups is 3. The van der Waals surface area contributed by atoms with E-state index in [2.05, 4.69) is 25.9 Å². The van der Waals surface area contributed by atoms with E-state index in [1.165, 1.54) is 13.1 Å². The number of anilines is 1. The fraction of sp³-hybridized carbons (Fsp3) is 0.500. The molecule has 188 valence electrons. The number of hydrogen-bond acceptors (Lipinski definition) is 9. The lowest BCUT2D eigenvalue weighted by Gasteiger charge is -2.25. The average Bonchev–Trinajstić information content (AvgIpc) is 3.22. The minimum Gasteiger partial charge on any atom is -0.458 e. The van der Waals surface area contributed by atoms with Crippen LogP contribution < -0.4 is 11.0 Å². The summed E-state index contributed by atoms with van der Waals surface area (Å²) in [4.78, 5) is 55.7. The Morgan fingerprint density at radius 3 is 2.54 bits per heavy atom.